The van der Waals surface area contributed by atoms with Crippen LogP contribution in [-0.4, -0.2) is 48.6 Å². The highest BCUT2D eigenvalue weighted by Gasteiger charge is 2.47. The molecule has 2 N–H and O–H groups in total. The molecule has 1 amide bonds. The van der Waals surface area contributed by atoms with E-state index in [4.69, 9.17) is 9.47 Å². The number of aliphatic hydroxyl groups excluding tert-OH is 1. The second kappa shape index (κ2) is 5.12. The minimum atomic E-state index is -0.655. The van der Waals surface area contributed by atoms with E-state index in [1.54, 1.807) is 13.0 Å². The van der Waals surface area contributed by atoms with Crippen molar-refractivity contribution in [2.45, 2.75) is 31.3 Å². The minimum absolute atomic E-state index is 0.209. The number of aliphatic hydroxyl groups is 1. The van der Waals surface area contributed by atoms with Gasteiger partial charge in [-0.2, -0.15) is 0 Å². The molecule has 1 aromatic carbocycles. The van der Waals surface area contributed by atoms with Crippen molar-refractivity contribution >= 4 is 5.91 Å². The Balaban J connectivity index is 1.72. The summed E-state index contributed by atoms with van der Waals surface area (Å²) in [7, 11) is 0. The van der Waals surface area contributed by atoms with Crippen molar-refractivity contribution in [2.24, 2.45) is 0 Å². The molecule has 0 saturated carbocycles. The van der Waals surface area contributed by atoms with Gasteiger partial charge in [0, 0.05) is 5.56 Å². The first-order valence-corrected chi connectivity index (χ1v) is 6.54. The fraction of sp³-hybridized carbons (Fsp3) is 0.500. The summed E-state index contributed by atoms with van der Waals surface area (Å²) in [6.07, 6.45) is -1.39. The Labute approximate surface area is 115 Å². The van der Waals surface area contributed by atoms with Gasteiger partial charge in [-0.15, -0.1) is 0 Å². The Morgan fingerprint density at radius 3 is 2.90 bits per heavy atom. The summed E-state index contributed by atoms with van der Waals surface area (Å²) in [4.78, 5) is 12.2. The molecule has 20 heavy (non-hydrogen) atoms. The van der Waals surface area contributed by atoms with Crippen LogP contribution in [-0.2, 0) is 9.47 Å². The van der Waals surface area contributed by atoms with Gasteiger partial charge in [0.2, 0.25) is 0 Å². The fourth-order valence-electron chi connectivity index (χ4n) is 2.69. The van der Waals surface area contributed by atoms with Crippen LogP contribution in [0.15, 0.2) is 18.2 Å². The molecule has 0 bridgehead atoms. The molecule has 2 fully saturated rings. The van der Waals surface area contributed by atoms with E-state index in [2.05, 4.69) is 5.32 Å². The van der Waals surface area contributed by atoms with Gasteiger partial charge < -0.3 is 19.9 Å². The third kappa shape index (κ3) is 2.30. The zero-order valence-corrected chi connectivity index (χ0v) is 11.0. The quantitative estimate of drug-likeness (QED) is 0.823. The van der Waals surface area contributed by atoms with Crippen molar-refractivity contribution in [1.82, 2.24) is 5.32 Å². The lowest BCUT2D eigenvalue weighted by Crippen LogP contribution is -2.44. The second-order valence-electron chi connectivity index (χ2n) is 5.20. The number of ether oxygens (including phenoxy) is 2. The van der Waals surface area contributed by atoms with Crippen LogP contribution in [0, 0.1) is 12.7 Å². The molecule has 2 heterocycles. The largest absolute Gasteiger partial charge is 0.388 e. The lowest BCUT2D eigenvalue weighted by Gasteiger charge is -2.18. The van der Waals surface area contributed by atoms with Crippen molar-refractivity contribution in [3.63, 3.8) is 0 Å². The molecule has 0 aliphatic carbocycles. The average Bonchev–Trinajstić information content (AvgIpc) is 2.97. The molecule has 0 spiro atoms. The molecule has 5 nitrogen and oxygen atoms in total. The monoisotopic (exact) mass is 281 g/mol. The van der Waals surface area contributed by atoms with Crippen LogP contribution < -0.4 is 5.32 Å². The number of amides is 1. The SMILES string of the molecule is Cc1ccc(F)cc1C(=O)N[C@H]1CO[C@H]2[C@@H]1OC[C@@H]2O. The van der Waals surface area contributed by atoms with Crippen molar-refractivity contribution < 1.29 is 23.8 Å². The maximum atomic E-state index is 13.2. The summed E-state index contributed by atoms with van der Waals surface area (Å²) in [6.45, 7) is 2.24. The lowest BCUT2D eigenvalue weighted by molar-refractivity contribution is 0.0178. The maximum absolute atomic E-state index is 13.2. The third-order valence-electron chi connectivity index (χ3n) is 3.79. The van der Waals surface area contributed by atoms with E-state index in [0.29, 0.717) is 11.1 Å². The molecule has 1 aromatic rings. The standard InChI is InChI=1S/C14H16FNO4/c1-7-2-3-8(15)4-9(7)14(18)16-10-5-19-13-11(17)6-20-12(10)13/h2-4,10-13,17H,5-6H2,1H3,(H,16,18)/t10-,11-,12+,13+/m0/s1. The van der Waals surface area contributed by atoms with Gasteiger partial charge in [-0.25, -0.2) is 4.39 Å². The number of benzene rings is 1. The number of hydrogen-bond donors (Lipinski definition) is 2. The highest BCUT2D eigenvalue weighted by atomic mass is 19.1. The number of aryl methyl sites for hydroxylation is 1. The summed E-state index contributed by atoms with van der Waals surface area (Å²) >= 11 is 0. The molecular formula is C14H16FNO4. The maximum Gasteiger partial charge on any atom is 0.252 e. The number of fused-ring (bicyclic) bond motifs is 1. The second-order valence-corrected chi connectivity index (χ2v) is 5.20. The first-order valence-electron chi connectivity index (χ1n) is 6.54. The van der Waals surface area contributed by atoms with Crippen LogP contribution in [0.25, 0.3) is 0 Å². The van der Waals surface area contributed by atoms with Crippen LogP contribution >= 0.6 is 0 Å². The highest BCUT2D eigenvalue weighted by Crippen LogP contribution is 2.27. The Hall–Kier alpha value is -1.50. The van der Waals surface area contributed by atoms with Gasteiger partial charge in [0.1, 0.15) is 24.1 Å². The average molecular weight is 281 g/mol. The molecule has 0 aromatic heterocycles. The van der Waals surface area contributed by atoms with E-state index in [-0.39, 0.29) is 31.3 Å². The van der Waals surface area contributed by atoms with Gasteiger partial charge in [-0.1, -0.05) is 6.07 Å². The molecule has 2 saturated heterocycles. The van der Waals surface area contributed by atoms with E-state index >= 15 is 0 Å². The molecule has 2 aliphatic heterocycles. The molecule has 3 rings (SSSR count). The van der Waals surface area contributed by atoms with E-state index in [0.717, 1.165) is 0 Å². The molecule has 0 radical (unpaired) electrons. The summed E-state index contributed by atoms with van der Waals surface area (Å²) in [5.74, 6) is -0.810. The molecule has 2 aliphatic rings. The lowest BCUT2D eigenvalue weighted by atomic mass is 10.1. The van der Waals surface area contributed by atoms with Gasteiger partial charge in [0.15, 0.2) is 0 Å². The summed E-state index contributed by atoms with van der Waals surface area (Å²) < 4.78 is 24.1. The summed E-state index contributed by atoms with van der Waals surface area (Å²) in [6, 6.07) is 3.76. The van der Waals surface area contributed by atoms with Crippen LogP contribution in [0.5, 0.6) is 0 Å². The van der Waals surface area contributed by atoms with Gasteiger partial charge >= 0.3 is 0 Å². The number of halogens is 1. The predicted octanol–water partition coefficient (Wildman–Crippen LogP) is 0.391. The molecular weight excluding hydrogens is 265 g/mol. The Kier molecular flexibility index (Phi) is 3.45. The number of carbonyl (C=O) groups is 1. The predicted molar refractivity (Wildman–Crippen MR) is 67.9 cm³/mol. The first kappa shape index (κ1) is 13.5. The van der Waals surface area contributed by atoms with Gasteiger partial charge in [0.25, 0.3) is 5.91 Å². The van der Waals surface area contributed by atoms with Crippen LogP contribution in [0.1, 0.15) is 15.9 Å². The van der Waals surface area contributed by atoms with Crippen molar-refractivity contribution in [2.75, 3.05) is 13.2 Å². The minimum Gasteiger partial charge on any atom is -0.388 e. The van der Waals surface area contributed by atoms with Crippen molar-refractivity contribution in [3.05, 3.63) is 35.1 Å². The van der Waals surface area contributed by atoms with E-state index in [9.17, 15) is 14.3 Å². The van der Waals surface area contributed by atoms with E-state index in [1.165, 1.54) is 12.1 Å². The Morgan fingerprint density at radius 1 is 1.35 bits per heavy atom. The van der Waals surface area contributed by atoms with Crippen molar-refractivity contribution in [1.29, 1.82) is 0 Å². The van der Waals surface area contributed by atoms with Gasteiger partial charge in [-0.05, 0) is 24.6 Å². The molecule has 108 valence electrons. The topological polar surface area (TPSA) is 67.8 Å². The molecule has 0 unspecified atom stereocenters. The molecule has 4 atom stereocenters. The van der Waals surface area contributed by atoms with Crippen LogP contribution in [0.3, 0.4) is 0 Å². The molecule has 6 heteroatoms. The summed E-state index contributed by atoms with van der Waals surface area (Å²) in [5, 5.41) is 12.4. The smallest absolute Gasteiger partial charge is 0.252 e. The van der Waals surface area contributed by atoms with Crippen LogP contribution in [0.4, 0.5) is 4.39 Å². The summed E-state index contributed by atoms with van der Waals surface area (Å²) in [5.41, 5.74) is 0.999. The number of hydrogen-bond acceptors (Lipinski definition) is 4. The van der Waals surface area contributed by atoms with Crippen molar-refractivity contribution in [3.8, 4) is 0 Å². The van der Waals surface area contributed by atoms with E-state index in [1.807, 2.05) is 0 Å². The fourth-order valence-corrected chi connectivity index (χ4v) is 2.69. The number of carbonyl (C=O) groups excluding carboxylic acids is 1. The zero-order chi connectivity index (χ0) is 14.3. The number of rotatable bonds is 2. The third-order valence-corrected chi connectivity index (χ3v) is 3.79. The van der Waals surface area contributed by atoms with Crippen LogP contribution in [0.2, 0.25) is 0 Å². The zero-order valence-electron chi connectivity index (χ0n) is 11.0. The van der Waals surface area contributed by atoms with Gasteiger partial charge in [-0.3, -0.25) is 4.79 Å². The highest BCUT2D eigenvalue weighted by molar-refractivity contribution is 5.95. The number of nitrogens with one attached hydrogen (secondary N) is 1. The van der Waals surface area contributed by atoms with Gasteiger partial charge in [0.05, 0.1) is 19.3 Å². The van der Waals surface area contributed by atoms with E-state index < -0.39 is 18.0 Å². The first-order chi connectivity index (χ1) is 9.56. The Bertz CT molecular complexity index is 536. The normalized spacial score (nSPS) is 32.1. The Morgan fingerprint density at radius 2 is 2.10 bits per heavy atom.